The summed E-state index contributed by atoms with van der Waals surface area (Å²) in [5, 5.41) is 14.2. The van der Waals surface area contributed by atoms with Gasteiger partial charge in [0.2, 0.25) is 0 Å². The molecule has 0 atom stereocenters. The highest BCUT2D eigenvalue weighted by Gasteiger charge is 2.39. The molecule has 35 heavy (non-hydrogen) atoms. The van der Waals surface area contributed by atoms with E-state index >= 15 is 0 Å². The number of pyridine rings is 1. The van der Waals surface area contributed by atoms with Gasteiger partial charge in [-0.15, -0.1) is 0 Å². The lowest BCUT2D eigenvalue weighted by molar-refractivity contribution is -0.150. The Morgan fingerprint density at radius 2 is 1.69 bits per heavy atom. The van der Waals surface area contributed by atoms with Crippen LogP contribution in [0.2, 0.25) is 15.2 Å². The summed E-state index contributed by atoms with van der Waals surface area (Å²) in [6.07, 6.45) is 6.22. The van der Waals surface area contributed by atoms with Crippen LogP contribution in [0.3, 0.4) is 0 Å². The fourth-order valence-electron chi connectivity index (χ4n) is 4.32. The normalized spacial score (nSPS) is 20.5. The first-order chi connectivity index (χ1) is 16.2. The maximum absolute atomic E-state index is 13.5. The number of ketones is 1. The van der Waals surface area contributed by atoms with Crippen LogP contribution in [0.25, 0.3) is 0 Å². The molecule has 0 aromatic carbocycles. The zero-order valence-electron chi connectivity index (χ0n) is 20.1. The third-order valence-corrected chi connectivity index (χ3v) is 7.25. The third kappa shape index (κ3) is 6.16. The fraction of sp³-hybridized carbons (Fsp3) is 0.542. The molecule has 0 saturated heterocycles. The zero-order chi connectivity index (χ0) is 26.1. The van der Waals surface area contributed by atoms with Gasteiger partial charge in [-0.2, -0.15) is 5.10 Å². The number of rotatable bonds is 7. The predicted octanol–water partition coefficient (Wildman–Crippen LogP) is 5.82. The minimum atomic E-state index is -0.810. The van der Waals surface area contributed by atoms with Gasteiger partial charge < -0.3 is 10.0 Å². The van der Waals surface area contributed by atoms with Gasteiger partial charge in [-0.05, 0) is 38.0 Å². The standard InChI is InChI=1S/C24H29Cl3N4O4/c1-23(2,3)13-30(12-18(32)19-16(25)10-28-11-17(19)26)21(33)15-9-29-31(20(15)27)14-5-7-24(4,8-6-14)22(34)35/h9-11,14H,5-8,12-13H2,1-4H3,(H,34,35). The van der Waals surface area contributed by atoms with Gasteiger partial charge >= 0.3 is 5.97 Å². The van der Waals surface area contributed by atoms with Crippen LogP contribution in [0.1, 0.15) is 80.1 Å². The number of hydrogen-bond donors (Lipinski definition) is 1. The predicted molar refractivity (Wildman–Crippen MR) is 134 cm³/mol. The van der Waals surface area contributed by atoms with Crippen molar-refractivity contribution in [3.05, 3.63) is 44.9 Å². The number of carboxylic acid groups (broad SMARTS) is 1. The van der Waals surface area contributed by atoms with Crippen molar-refractivity contribution in [3.8, 4) is 0 Å². The van der Waals surface area contributed by atoms with Crippen molar-refractivity contribution in [1.82, 2.24) is 19.7 Å². The van der Waals surface area contributed by atoms with E-state index in [1.165, 1.54) is 23.5 Å². The van der Waals surface area contributed by atoms with Crippen LogP contribution in [0.15, 0.2) is 18.6 Å². The molecule has 3 rings (SSSR count). The van der Waals surface area contributed by atoms with Crippen molar-refractivity contribution in [2.75, 3.05) is 13.1 Å². The number of amides is 1. The summed E-state index contributed by atoms with van der Waals surface area (Å²) in [5.74, 6) is -1.66. The van der Waals surface area contributed by atoms with E-state index in [1.807, 2.05) is 20.8 Å². The van der Waals surface area contributed by atoms with Gasteiger partial charge in [-0.25, -0.2) is 0 Å². The van der Waals surface area contributed by atoms with Crippen molar-refractivity contribution >= 4 is 52.5 Å². The molecule has 0 bridgehead atoms. The highest BCUT2D eigenvalue weighted by molar-refractivity contribution is 6.39. The number of halogens is 3. The lowest BCUT2D eigenvalue weighted by atomic mass is 9.74. The lowest BCUT2D eigenvalue weighted by Crippen LogP contribution is -2.41. The molecule has 1 N–H and O–H groups in total. The first-order valence-electron chi connectivity index (χ1n) is 11.3. The maximum atomic E-state index is 13.5. The molecule has 1 aliphatic rings. The average Bonchev–Trinajstić information content (AvgIpc) is 3.13. The van der Waals surface area contributed by atoms with Crippen LogP contribution in [0, 0.1) is 10.8 Å². The van der Waals surface area contributed by atoms with Gasteiger partial charge in [0, 0.05) is 18.9 Å². The second-order valence-corrected chi connectivity index (χ2v) is 11.7. The Morgan fingerprint density at radius 3 is 2.20 bits per heavy atom. The molecule has 2 aromatic rings. The van der Waals surface area contributed by atoms with Crippen molar-refractivity contribution < 1.29 is 19.5 Å². The molecular formula is C24H29Cl3N4O4. The van der Waals surface area contributed by atoms with E-state index in [-0.39, 0.29) is 50.9 Å². The molecule has 8 nitrogen and oxygen atoms in total. The number of carbonyl (C=O) groups excluding carboxylic acids is 2. The van der Waals surface area contributed by atoms with Gasteiger partial charge in [-0.1, -0.05) is 55.6 Å². The molecule has 0 unspecified atom stereocenters. The molecule has 1 aliphatic carbocycles. The maximum Gasteiger partial charge on any atom is 0.309 e. The first kappa shape index (κ1) is 27.4. The molecule has 2 aromatic heterocycles. The van der Waals surface area contributed by atoms with Crippen LogP contribution in [0.5, 0.6) is 0 Å². The van der Waals surface area contributed by atoms with Crippen LogP contribution in [-0.4, -0.2) is 55.5 Å². The molecule has 1 fully saturated rings. The Hall–Kier alpha value is -2.16. The van der Waals surface area contributed by atoms with Gasteiger partial charge in [0.05, 0.1) is 45.4 Å². The summed E-state index contributed by atoms with van der Waals surface area (Å²) < 4.78 is 1.59. The molecule has 0 spiro atoms. The van der Waals surface area contributed by atoms with Gasteiger partial charge in [0.1, 0.15) is 5.15 Å². The molecule has 1 amide bonds. The smallest absolute Gasteiger partial charge is 0.309 e. The highest BCUT2D eigenvalue weighted by Crippen LogP contribution is 2.42. The Kier molecular flexibility index (Phi) is 8.19. The summed E-state index contributed by atoms with van der Waals surface area (Å²) in [6, 6.07) is -0.108. The molecule has 2 heterocycles. The number of carboxylic acids is 1. The van der Waals surface area contributed by atoms with Gasteiger partial charge in [0.15, 0.2) is 5.78 Å². The number of aliphatic carboxylic acids is 1. The molecule has 11 heteroatoms. The minimum Gasteiger partial charge on any atom is -0.481 e. The summed E-state index contributed by atoms with van der Waals surface area (Å²) in [6.45, 7) is 7.64. The van der Waals surface area contributed by atoms with E-state index in [0.717, 1.165) is 0 Å². The van der Waals surface area contributed by atoms with Gasteiger partial charge in [-0.3, -0.25) is 24.0 Å². The summed E-state index contributed by atoms with van der Waals surface area (Å²) in [7, 11) is 0. The minimum absolute atomic E-state index is 0.108. The second kappa shape index (κ2) is 10.4. The number of aromatic nitrogens is 3. The zero-order valence-corrected chi connectivity index (χ0v) is 22.4. The van der Waals surface area contributed by atoms with E-state index in [4.69, 9.17) is 34.8 Å². The summed E-state index contributed by atoms with van der Waals surface area (Å²) in [4.78, 5) is 43.5. The number of Topliss-reactive ketones (excluding diaryl/α,β-unsaturated/α-hetero) is 1. The Labute approximate surface area is 219 Å². The summed E-state index contributed by atoms with van der Waals surface area (Å²) in [5.41, 5.74) is -0.786. The first-order valence-corrected chi connectivity index (χ1v) is 12.4. The SMILES string of the molecule is CC(C)(C)CN(CC(=O)c1c(Cl)cncc1Cl)C(=O)c1cnn(C2CCC(C)(C(=O)O)CC2)c1Cl. The lowest BCUT2D eigenvalue weighted by Gasteiger charge is -2.34. The largest absolute Gasteiger partial charge is 0.481 e. The van der Waals surface area contributed by atoms with Crippen molar-refractivity contribution in [3.63, 3.8) is 0 Å². The summed E-state index contributed by atoms with van der Waals surface area (Å²) >= 11 is 18.9. The Morgan fingerprint density at radius 1 is 1.11 bits per heavy atom. The van der Waals surface area contributed by atoms with Crippen LogP contribution in [-0.2, 0) is 4.79 Å². The topological polar surface area (TPSA) is 105 Å². The average molecular weight is 544 g/mol. The van der Waals surface area contributed by atoms with Crippen LogP contribution in [0.4, 0.5) is 0 Å². The van der Waals surface area contributed by atoms with Crippen molar-refractivity contribution in [2.24, 2.45) is 10.8 Å². The van der Waals surface area contributed by atoms with Crippen LogP contribution >= 0.6 is 34.8 Å². The monoisotopic (exact) mass is 542 g/mol. The van der Waals surface area contributed by atoms with E-state index in [2.05, 4.69) is 10.1 Å². The molecular weight excluding hydrogens is 515 g/mol. The van der Waals surface area contributed by atoms with Crippen LogP contribution < -0.4 is 0 Å². The molecule has 190 valence electrons. The number of nitrogens with zero attached hydrogens (tertiary/aromatic N) is 4. The number of carbonyl (C=O) groups is 3. The van der Waals surface area contributed by atoms with E-state index in [1.54, 1.807) is 11.6 Å². The Bertz CT molecular complexity index is 1110. The van der Waals surface area contributed by atoms with E-state index < -0.39 is 23.1 Å². The van der Waals surface area contributed by atoms with E-state index in [0.29, 0.717) is 25.7 Å². The van der Waals surface area contributed by atoms with Crippen molar-refractivity contribution in [2.45, 2.75) is 59.4 Å². The Balaban J connectivity index is 1.84. The third-order valence-electron chi connectivity index (χ3n) is 6.31. The fourth-order valence-corrected chi connectivity index (χ4v) is 5.20. The quantitative estimate of drug-likeness (QED) is 0.441. The highest BCUT2D eigenvalue weighted by atomic mass is 35.5. The molecule has 0 radical (unpaired) electrons. The van der Waals surface area contributed by atoms with E-state index in [9.17, 15) is 19.5 Å². The molecule has 0 aliphatic heterocycles. The van der Waals surface area contributed by atoms with Gasteiger partial charge in [0.25, 0.3) is 5.91 Å². The van der Waals surface area contributed by atoms with Crippen molar-refractivity contribution in [1.29, 1.82) is 0 Å². The number of hydrogen-bond acceptors (Lipinski definition) is 5. The second-order valence-electron chi connectivity index (χ2n) is 10.5. The molecule has 1 saturated carbocycles.